The largest absolute Gasteiger partial charge is 0.339 e. The zero-order valence-electron chi connectivity index (χ0n) is 17.4. The average Bonchev–Trinajstić information content (AvgIpc) is 3.16. The number of amides is 1. The van der Waals surface area contributed by atoms with Crippen molar-refractivity contribution >= 4 is 51.8 Å². The molecule has 0 radical (unpaired) electrons. The van der Waals surface area contributed by atoms with Crippen LogP contribution in [-0.2, 0) is 0 Å². The van der Waals surface area contributed by atoms with Gasteiger partial charge in [0, 0.05) is 34.4 Å². The topological polar surface area (TPSA) is 50.2 Å². The standard InChI is InChI=1S/C25H22Cl2N4O/c26-18-6-4-8-20(15-18)28-25-29-22-14-17(24(32)30-12-2-1-3-13-30)10-11-23(22)31(25)21-9-5-7-19(27)16-21/h4-11,14-16H,1-3,12-13H2,(H,28,29). The van der Waals surface area contributed by atoms with Crippen molar-refractivity contribution in [3.63, 3.8) is 0 Å². The molecule has 1 aromatic heterocycles. The number of halogens is 2. The SMILES string of the molecule is O=C(c1ccc2c(c1)nc(Nc1cccc(Cl)c1)n2-c1cccc(Cl)c1)N1CCCCC1. The first-order valence-electron chi connectivity index (χ1n) is 10.7. The number of carbonyl (C=O) groups excluding carboxylic acids is 1. The number of rotatable bonds is 4. The van der Waals surface area contributed by atoms with Crippen molar-refractivity contribution in [2.24, 2.45) is 0 Å². The number of aromatic nitrogens is 2. The minimum absolute atomic E-state index is 0.0632. The van der Waals surface area contributed by atoms with Gasteiger partial charge in [0.2, 0.25) is 5.95 Å². The van der Waals surface area contributed by atoms with E-state index in [9.17, 15) is 4.79 Å². The highest BCUT2D eigenvalue weighted by Crippen LogP contribution is 2.30. The maximum absolute atomic E-state index is 13.0. The Morgan fingerprint density at radius 2 is 1.62 bits per heavy atom. The highest BCUT2D eigenvalue weighted by atomic mass is 35.5. The Labute approximate surface area is 196 Å². The van der Waals surface area contributed by atoms with Gasteiger partial charge in [0.15, 0.2) is 0 Å². The number of hydrogen-bond acceptors (Lipinski definition) is 3. The third-order valence-electron chi connectivity index (χ3n) is 5.69. The van der Waals surface area contributed by atoms with Crippen molar-refractivity contribution in [2.45, 2.75) is 19.3 Å². The van der Waals surface area contributed by atoms with Gasteiger partial charge in [0.05, 0.1) is 16.7 Å². The summed E-state index contributed by atoms with van der Waals surface area (Å²) in [6.45, 7) is 1.63. The number of nitrogens with one attached hydrogen (secondary N) is 1. The molecule has 5 nitrogen and oxygen atoms in total. The molecule has 5 rings (SSSR count). The molecule has 1 fully saturated rings. The predicted octanol–water partition coefficient (Wildman–Crippen LogP) is 6.70. The number of imidazole rings is 1. The molecule has 1 saturated heterocycles. The summed E-state index contributed by atoms with van der Waals surface area (Å²) in [6, 6.07) is 20.8. The minimum atomic E-state index is 0.0632. The van der Waals surface area contributed by atoms with Gasteiger partial charge in [-0.1, -0.05) is 35.3 Å². The Bertz CT molecular complexity index is 1290. The molecule has 1 N–H and O–H groups in total. The first-order valence-corrected chi connectivity index (χ1v) is 11.4. The lowest BCUT2D eigenvalue weighted by Gasteiger charge is -2.26. The number of benzene rings is 3. The molecule has 0 aliphatic carbocycles. The van der Waals surface area contributed by atoms with Gasteiger partial charge in [0.1, 0.15) is 0 Å². The van der Waals surface area contributed by atoms with Gasteiger partial charge in [-0.25, -0.2) is 4.98 Å². The van der Waals surface area contributed by atoms with Gasteiger partial charge < -0.3 is 10.2 Å². The Balaban J connectivity index is 1.60. The number of anilines is 2. The van der Waals surface area contributed by atoms with Crippen LogP contribution in [0.4, 0.5) is 11.6 Å². The van der Waals surface area contributed by atoms with Crippen LogP contribution in [0.1, 0.15) is 29.6 Å². The monoisotopic (exact) mass is 464 g/mol. The molecule has 0 atom stereocenters. The van der Waals surface area contributed by atoms with Crippen LogP contribution in [0.25, 0.3) is 16.7 Å². The first-order chi connectivity index (χ1) is 15.6. The summed E-state index contributed by atoms with van der Waals surface area (Å²) in [6.07, 6.45) is 3.31. The molecule has 0 bridgehead atoms. The zero-order chi connectivity index (χ0) is 22.1. The number of nitrogens with zero attached hydrogens (tertiary/aromatic N) is 3. The summed E-state index contributed by atoms with van der Waals surface area (Å²) in [5, 5.41) is 4.63. The van der Waals surface area contributed by atoms with Gasteiger partial charge in [0.25, 0.3) is 5.91 Å². The van der Waals surface area contributed by atoms with Crippen molar-refractivity contribution in [3.05, 3.63) is 82.3 Å². The highest BCUT2D eigenvalue weighted by Gasteiger charge is 2.20. The molecule has 0 spiro atoms. The smallest absolute Gasteiger partial charge is 0.253 e. The van der Waals surface area contributed by atoms with Crippen molar-refractivity contribution in [1.82, 2.24) is 14.5 Å². The second-order valence-electron chi connectivity index (χ2n) is 7.94. The van der Waals surface area contributed by atoms with E-state index in [0.717, 1.165) is 48.3 Å². The molecule has 162 valence electrons. The van der Waals surface area contributed by atoms with Crippen LogP contribution in [-0.4, -0.2) is 33.4 Å². The molecule has 1 aliphatic rings. The second kappa shape index (κ2) is 8.85. The summed E-state index contributed by atoms with van der Waals surface area (Å²) in [5.74, 6) is 0.681. The van der Waals surface area contributed by atoms with Crippen LogP contribution < -0.4 is 5.32 Å². The summed E-state index contributed by atoms with van der Waals surface area (Å²) in [5.41, 5.74) is 3.97. The molecule has 2 heterocycles. The molecule has 3 aromatic carbocycles. The minimum Gasteiger partial charge on any atom is -0.339 e. The van der Waals surface area contributed by atoms with Crippen molar-refractivity contribution in [2.75, 3.05) is 18.4 Å². The fourth-order valence-corrected chi connectivity index (χ4v) is 4.52. The number of hydrogen-bond donors (Lipinski definition) is 1. The maximum Gasteiger partial charge on any atom is 0.253 e. The molecule has 1 aliphatic heterocycles. The van der Waals surface area contributed by atoms with E-state index >= 15 is 0 Å². The van der Waals surface area contributed by atoms with Gasteiger partial charge in [-0.05, 0) is 73.9 Å². The molecular weight excluding hydrogens is 443 g/mol. The van der Waals surface area contributed by atoms with Crippen LogP contribution in [0.2, 0.25) is 10.0 Å². The van der Waals surface area contributed by atoms with Crippen LogP contribution in [0.5, 0.6) is 0 Å². The van der Waals surface area contributed by atoms with Crippen molar-refractivity contribution in [3.8, 4) is 5.69 Å². The molecular formula is C25H22Cl2N4O. The number of fused-ring (bicyclic) bond motifs is 1. The van der Waals surface area contributed by atoms with E-state index in [1.54, 1.807) is 0 Å². The Hall–Kier alpha value is -3.02. The lowest BCUT2D eigenvalue weighted by molar-refractivity contribution is 0.0724. The quantitative estimate of drug-likeness (QED) is 0.365. The lowest BCUT2D eigenvalue weighted by atomic mass is 10.1. The molecule has 32 heavy (non-hydrogen) atoms. The third kappa shape index (κ3) is 4.18. The predicted molar refractivity (Wildman–Crippen MR) is 131 cm³/mol. The Morgan fingerprint density at radius 3 is 2.38 bits per heavy atom. The van der Waals surface area contributed by atoms with E-state index in [-0.39, 0.29) is 5.91 Å². The molecule has 7 heteroatoms. The fourth-order valence-electron chi connectivity index (χ4n) is 4.15. The fraction of sp³-hybridized carbons (Fsp3) is 0.200. The summed E-state index contributed by atoms with van der Waals surface area (Å²) >= 11 is 12.4. The van der Waals surface area contributed by atoms with Crippen LogP contribution in [0.3, 0.4) is 0 Å². The third-order valence-corrected chi connectivity index (χ3v) is 6.16. The Kier molecular flexibility index (Phi) is 5.77. The Morgan fingerprint density at radius 1 is 0.875 bits per heavy atom. The van der Waals surface area contributed by atoms with Crippen LogP contribution in [0.15, 0.2) is 66.7 Å². The molecule has 0 saturated carbocycles. The van der Waals surface area contributed by atoms with E-state index in [0.29, 0.717) is 21.6 Å². The van der Waals surface area contributed by atoms with Crippen LogP contribution >= 0.6 is 23.2 Å². The van der Waals surface area contributed by atoms with E-state index in [1.807, 2.05) is 76.2 Å². The van der Waals surface area contributed by atoms with Gasteiger partial charge in [-0.2, -0.15) is 0 Å². The lowest BCUT2D eigenvalue weighted by Crippen LogP contribution is -2.35. The zero-order valence-corrected chi connectivity index (χ0v) is 18.9. The highest BCUT2D eigenvalue weighted by molar-refractivity contribution is 6.31. The van der Waals surface area contributed by atoms with Gasteiger partial charge in [-0.15, -0.1) is 0 Å². The van der Waals surface area contributed by atoms with Crippen molar-refractivity contribution in [1.29, 1.82) is 0 Å². The maximum atomic E-state index is 13.0. The first kappa shape index (κ1) is 20.9. The van der Waals surface area contributed by atoms with Crippen LogP contribution in [0, 0.1) is 0 Å². The van der Waals surface area contributed by atoms with E-state index < -0.39 is 0 Å². The molecule has 1 amide bonds. The summed E-state index contributed by atoms with van der Waals surface area (Å²) in [7, 11) is 0. The van der Waals surface area contributed by atoms with Gasteiger partial charge >= 0.3 is 0 Å². The van der Waals surface area contributed by atoms with Gasteiger partial charge in [-0.3, -0.25) is 9.36 Å². The summed E-state index contributed by atoms with van der Waals surface area (Å²) < 4.78 is 2.00. The van der Waals surface area contributed by atoms with E-state index in [4.69, 9.17) is 28.2 Å². The second-order valence-corrected chi connectivity index (χ2v) is 8.82. The van der Waals surface area contributed by atoms with E-state index in [1.165, 1.54) is 6.42 Å². The number of carbonyl (C=O) groups is 1. The van der Waals surface area contributed by atoms with E-state index in [2.05, 4.69) is 5.32 Å². The average molecular weight is 465 g/mol. The van der Waals surface area contributed by atoms with Crippen molar-refractivity contribution < 1.29 is 4.79 Å². The summed E-state index contributed by atoms with van der Waals surface area (Å²) in [4.78, 5) is 19.8. The molecule has 4 aromatic rings. The number of piperidine rings is 1. The normalized spacial score (nSPS) is 14.0. The molecule has 0 unspecified atom stereocenters. The number of likely N-dealkylation sites (tertiary alicyclic amines) is 1.